The zero-order chi connectivity index (χ0) is 13.5. The number of ether oxygens (including phenoxy) is 1. The Morgan fingerprint density at radius 2 is 1.74 bits per heavy atom. The zero-order valence-corrected chi connectivity index (χ0v) is 10.5. The summed E-state index contributed by atoms with van der Waals surface area (Å²) in [6.07, 6.45) is 1.70. The molecule has 2 aromatic rings. The van der Waals surface area contributed by atoms with Crippen LogP contribution < -0.4 is 15.4 Å². The molecule has 0 amide bonds. The lowest BCUT2D eigenvalue weighted by Crippen LogP contribution is -2.08. The summed E-state index contributed by atoms with van der Waals surface area (Å²) in [6, 6.07) is 7.38. The molecule has 98 valence electrons. The Bertz CT molecular complexity index is 525. The van der Waals surface area contributed by atoms with E-state index in [2.05, 4.69) is 37.6 Å². The number of methoxy groups -OCH3 is 1. The Kier molecular flexibility index (Phi) is 4.22. The summed E-state index contributed by atoms with van der Waals surface area (Å²) in [5.74, 6) is 1.47. The van der Waals surface area contributed by atoms with Crippen LogP contribution in [0.1, 0.15) is 0 Å². The SMILES string of the molecule is C=CCNc1nnc(Nc2ccc(OC)cc2)nn1. The van der Waals surface area contributed by atoms with Gasteiger partial charge in [0.25, 0.3) is 11.9 Å². The molecule has 0 saturated carbocycles. The van der Waals surface area contributed by atoms with Crippen LogP contribution in [0.2, 0.25) is 0 Å². The van der Waals surface area contributed by atoms with Gasteiger partial charge in [0.2, 0.25) is 0 Å². The van der Waals surface area contributed by atoms with Crippen molar-refractivity contribution in [2.24, 2.45) is 0 Å². The number of rotatable bonds is 6. The maximum absolute atomic E-state index is 5.07. The van der Waals surface area contributed by atoms with E-state index in [0.717, 1.165) is 11.4 Å². The summed E-state index contributed by atoms with van der Waals surface area (Å²) >= 11 is 0. The molecule has 7 heteroatoms. The third kappa shape index (κ3) is 3.63. The van der Waals surface area contributed by atoms with Crippen LogP contribution in [0.25, 0.3) is 0 Å². The third-order valence-corrected chi connectivity index (χ3v) is 2.23. The van der Waals surface area contributed by atoms with Gasteiger partial charge in [-0.3, -0.25) is 0 Å². The molecule has 0 atom stereocenters. The first-order valence-electron chi connectivity index (χ1n) is 5.65. The highest BCUT2D eigenvalue weighted by molar-refractivity contribution is 5.53. The van der Waals surface area contributed by atoms with Gasteiger partial charge in [-0.25, -0.2) is 0 Å². The number of aromatic nitrogens is 4. The van der Waals surface area contributed by atoms with Gasteiger partial charge in [0.15, 0.2) is 0 Å². The number of benzene rings is 1. The third-order valence-electron chi connectivity index (χ3n) is 2.23. The lowest BCUT2D eigenvalue weighted by Gasteiger charge is -2.05. The van der Waals surface area contributed by atoms with Gasteiger partial charge >= 0.3 is 0 Å². The predicted octanol–water partition coefficient (Wildman–Crippen LogP) is 1.62. The van der Waals surface area contributed by atoms with E-state index in [1.807, 2.05) is 24.3 Å². The monoisotopic (exact) mass is 258 g/mol. The minimum absolute atomic E-state index is 0.328. The van der Waals surface area contributed by atoms with Gasteiger partial charge in [-0.2, -0.15) is 0 Å². The number of hydrogen-bond acceptors (Lipinski definition) is 7. The summed E-state index contributed by atoms with van der Waals surface area (Å²) in [4.78, 5) is 0. The van der Waals surface area contributed by atoms with Crippen molar-refractivity contribution in [2.75, 3.05) is 24.3 Å². The molecule has 1 aromatic heterocycles. The van der Waals surface area contributed by atoms with Gasteiger partial charge in [-0.05, 0) is 24.3 Å². The van der Waals surface area contributed by atoms with E-state index >= 15 is 0 Å². The van der Waals surface area contributed by atoms with E-state index in [0.29, 0.717) is 18.4 Å². The highest BCUT2D eigenvalue weighted by Crippen LogP contribution is 2.17. The van der Waals surface area contributed by atoms with Crippen LogP contribution in [0.3, 0.4) is 0 Å². The van der Waals surface area contributed by atoms with Crippen molar-refractivity contribution in [1.29, 1.82) is 0 Å². The van der Waals surface area contributed by atoms with Crippen molar-refractivity contribution in [3.05, 3.63) is 36.9 Å². The maximum Gasteiger partial charge on any atom is 0.266 e. The fraction of sp³-hybridized carbons (Fsp3) is 0.167. The number of hydrogen-bond donors (Lipinski definition) is 2. The van der Waals surface area contributed by atoms with Crippen LogP contribution in [0.4, 0.5) is 17.6 Å². The summed E-state index contributed by atoms with van der Waals surface area (Å²) in [5, 5.41) is 21.4. The van der Waals surface area contributed by atoms with E-state index in [9.17, 15) is 0 Å². The van der Waals surface area contributed by atoms with Gasteiger partial charge in [0.05, 0.1) is 7.11 Å². The Morgan fingerprint density at radius 3 is 2.32 bits per heavy atom. The van der Waals surface area contributed by atoms with Crippen LogP contribution in [-0.2, 0) is 0 Å². The maximum atomic E-state index is 5.07. The first-order chi connectivity index (χ1) is 9.31. The molecule has 0 aliphatic carbocycles. The van der Waals surface area contributed by atoms with E-state index in [-0.39, 0.29) is 0 Å². The fourth-order valence-corrected chi connectivity index (χ4v) is 1.32. The number of nitrogens with zero attached hydrogens (tertiary/aromatic N) is 4. The zero-order valence-electron chi connectivity index (χ0n) is 10.5. The molecule has 0 fully saturated rings. The average molecular weight is 258 g/mol. The molecular weight excluding hydrogens is 244 g/mol. The summed E-state index contributed by atoms with van der Waals surface area (Å²) in [5.41, 5.74) is 0.830. The lowest BCUT2D eigenvalue weighted by molar-refractivity contribution is 0.415. The van der Waals surface area contributed by atoms with E-state index < -0.39 is 0 Å². The Hall–Kier alpha value is -2.70. The minimum Gasteiger partial charge on any atom is -0.497 e. The first-order valence-corrected chi connectivity index (χ1v) is 5.65. The first kappa shape index (κ1) is 12.7. The fourth-order valence-electron chi connectivity index (χ4n) is 1.32. The number of anilines is 3. The summed E-state index contributed by atoms with van der Waals surface area (Å²) in [7, 11) is 1.62. The molecule has 0 unspecified atom stereocenters. The molecule has 19 heavy (non-hydrogen) atoms. The van der Waals surface area contributed by atoms with Crippen molar-refractivity contribution >= 4 is 17.6 Å². The topological polar surface area (TPSA) is 84.9 Å². The molecule has 0 saturated heterocycles. The normalized spacial score (nSPS) is 9.74. The van der Waals surface area contributed by atoms with Crippen molar-refractivity contribution < 1.29 is 4.74 Å². The minimum atomic E-state index is 0.328. The van der Waals surface area contributed by atoms with E-state index in [4.69, 9.17) is 4.74 Å². The van der Waals surface area contributed by atoms with Crippen LogP contribution >= 0.6 is 0 Å². The standard InChI is InChI=1S/C12H14N6O/c1-3-8-13-11-15-17-12(18-16-11)14-9-4-6-10(19-2)7-5-9/h3-7H,1,8H2,2H3,(H,13,15,16)(H,14,17,18). The molecule has 0 aliphatic heterocycles. The van der Waals surface area contributed by atoms with Gasteiger partial charge in [0, 0.05) is 12.2 Å². The Balaban J connectivity index is 1.99. The molecule has 0 aliphatic rings. The average Bonchev–Trinajstić information content (AvgIpc) is 2.47. The van der Waals surface area contributed by atoms with Crippen molar-refractivity contribution in [3.63, 3.8) is 0 Å². The highest BCUT2D eigenvalue weighted by Gasteiger charge is 2.01. The molecule has 2 rings (SSSR count). The molecule has 7 nitrogen and oxygen atoms in total. The Morgan fingerprint density at radius 1 is 1.11 bits per heavy atom. The molecule has 2 N–H and O–H groups in total. The largest absolute Gasteiger partial charge is 0.497 e. The van der Waals surface area contributed by atoms with Crippen molar-refractivity contribution in [1.82, 2.24) is 20.4 Å². The molecule has 0 spiro atoms. The van der Waals surface area contributed by atoms with Crippen LogP contribution in [-0.4, -0.2) is 34.0 Å². The molecule has 1 aromatic carbocycles. The summed E-state index contributed by atoms with van der Waals surface area (Å²) in [6.45, 7) is 4.15. The van der Waals surface area contributed by atoms with Gasteiger partial charge in [-0.1, -0.05) is 6.08 Å². The number of nitrogens with one attached hydrogen (secondary N) is 2. The van der Waals surface area contributed by atoms with Gasteiger partial charge in [0.1, 0.15) is 5.75 Å². The Labute approximate surface area is 110 Å². The quantitative estimate of drug-likeness (QED) is 0.761. The molecule has 0 radical (unpaired) electrons. The van der Waals surface area contributed by atoms with Crippen LogP contribution in [0.15, 0.2) is 36.9 Å². The van der Waals surface area contributed by atoms with E-state index in [1.165, 1.54) is 0 Å². The second-order valence-electron chi connectivity index (χ2n) is 3.57. The molecule has 1 heterocycles. The second kappa shape index (κ2) is 6.29. The van der Waals surface area contributed by atoms with Crippen molar-refractivity contribution in [3.8, 4) is 5.75 Å². The van der Waals surface area contributed by atoms with E-state index in [1.54, 1.807) is 13.2 Å². The molecular formula is C12H14N6O. The smallest absolute Gasteiger partial charge is 0.266 e. The highest BCUT2D eigenvalue weighted by atomic mass is 16.5. The lowest BCUT2D eigenvalue weighted by atomic mass is 10.3. The molecule has 0 bridgehead atoms. The van der Waals surface area contributed by atoms with Gasteiger partial charge < -0.3 is 15.4 Å². The van der Waals surface area contributed by atoms with Crippen LogP contribution in [0.5, 0.6) is 5.75 Å². The van der Waals surface area contributed by atoms with Crippen LogP contribution in [0, 0.1) is 0 Å². The predicted molar refractivity (Wildman–Crippen MR) is 72.6 cm³/mol. The second-order valence-corrected chi connectivity index (χ2v) is 3.57. The van der Waals surface area contributed by atoms with Gasteiger partial charge in [-0.15, -0.1) is 27.0 Å². The van der Waals surface area contributed by atoms with Crippen molar-refractivity contribution in [2.45, 2.75) is 0 Å². The summed E-state index contributed by atoms with van der Waals surface area (Å²) < 4.78 is 5.07.